The van der Waals surface area contributed by atoms with Crippen LogP contribution in [-0.2, 0) is 5.41 Å². The van der Waals surface area contributed by atoms with Crippen molar-refractivity contribution in [1.82, 2.24) is 4.90 Å². The van der Waals surface area contributed by atoms with Crippen LogP contribution >= 0.6 is 0 Å². The first-order valence-corrected chi connectivity index (χ1v) is 8.19. The molecule has 1 N–H and O–H groups in total. The number of piperidine rings is 1. The molecule has 2 nitrogen and oxygen atoms in total. The van der Waals surface area contributed by atoms with E-state index in [0.717, 1.165) is 5.92 Å². The Labute approximate surface area is 122 Å². The molecular formula is C18H27NO. The van der Waals surface area contributed by atoms with Crippen molar-refractivity contribution in [3.63, 3.8) is 0 Å². The van der Waals surface area contributed by atoms with Gasteiger partial charge in [-0.1, -0.05) is 31.4 Å². The van der Waals surface area contributed by atoms with Crippen LogP contribution < -0.4 is 0 Å². The summed E-state index contributed by atoms with van der Waals surface area (Å²) in [4.78, 5) is 2.45. The molecule has 0 atom stereocenters. The molecule has 0 aromatic heterocycles. The Balaban J connectivity index is 1.94. The highest BCUT2D eigenvalue weighted by molar-refractivity contribution is 5.34. The van der Waals surface area contributed by atoms with Gasteiger partial charge in [-0.05, 0) is 69.4 Å². The second-order valence-corrected chi connectivity index (χ2v) is 6.84. The van der Waals surface area contributed by atoms with Crippen molar-refractivity contribution < 1.29 is 5.11 Å². The van der Waals surface area contributed by atoms with Gasteiger partial charge in [-0.15, -0.1) is 0 Å². The Kier molecular flexibility index (Phi) is 4.02. The minimum Gasteiger partial charge on any atom is -0.508 e. The molecule has 1 aliphatic carbocycles. The molecular weight excluding hydrogens is 246 g/mol. The number of nitrogens with zero attached hydrogens (tertiary/aromatic N) is 1. The number of likely N-dealkylation sites (tertiary alicyclic amines) is 1. The van der Waals surface area contributed by atoms with Gasteiger partial charge in [-0.3, -0.25) is 0 Å². The van der Waals surface area contributed by atoms with E-state index < -0.39 is 0 Å². The quantitative estimate of drug-likeness (QED) is 0.882. The maximum Gasteiger partial charge on any atom is 0.115 e. The highest BCUT2D eigenvalue weighted by atomic mass is 16.3. The van der Waals surface area contributed by atoms with E-state index in [0.29, 0.717) is 11.2 Å². The third-order valence-corrected chi connectivity index (χ3v) is 5.69. The van der Waals surface area contributed by atoms with Gasteiger partial charge >= 0.3 is 0 Å². The summed E-state index contributed by atoms with van der Waals surface area (Å²) in [7, 11) is 2.23. The van der Waals surface area contributed by atoms with Crippen LogP contribution in [-0.4, -0.2) is 30.1 Å². The fraction of sp³-hybridized carbons (Fsp3) is 0.667. The predicted octanol–water partition coefficient (Wildman–Crippen LogP) is 3.94. The van der Waals surface area contributed by atoms with Crippen LogP contribution in [0, 0.1) is 5.92 Å². The summed E-state index contributed by atoms with van der Waals surface area (Å²) in [6.45, 7) is 2.37. The average molecular weight is 273 g/mol. The minimum atomic E-state index is 0.311. The number of hydrogen-bond donors (Lipinski definition) is 1. The van der Waals surface area contributed by atoms with Gasteiger partial charge < -0.3 is 10.0 Å². The van der Waals surface area contributed by atoms with Gasteiger partial charge in [0, 0.05) is 5.41 Å². The van der Waals surface area contributed by atoms with Crippen molar-refractivity contribution in [3.8, 4) is 5.75 Å². The second-order valence-electron chi connectivity index (χ2n) is 6.84. The Bertz CT molecular complexity index is 442. The van der Waals surface area contributed by atoms with Crippen LogP contribution in [0.1, 0.15) is 50.5 Å². The van der Waals surface area contributed by atoms with Gasteiger partial charge in [0.2, 0.25) is 0 Å². The van der Waals surface area contributed by atoms with E-state index in [9.17, 15) is 5.11 Å². The molecule has 1 aliphatic heterocycles. The summed E-state index contributed by atoms with van der Waals surface area (Å²) < 4.78 is 0. The highest BCUT2D eigenvalue weighted by Gasteiger charge is 2.42. The molecule has 0 unspecified atom stereocenters. The van der Waals surface area contributed by atoms with Crippen molar-refractivity contribution in [1.29, 1.82) is 0 Å². The van der Waals surface area contributed by atoms with Crippen LogP contribution in [0.15, 0.2) is 24.3 Å². The van der Waals surface area contributed by atoms with E-state index in [1.54, 1.807) is 6.07 Å². The van der Waals surface area contributed by atoms with E-state index in [4.69, 9.17) is 0 Å². The van der Waals surface area contributed by atoms with Crippen molar-refractivity contribution in [2.45, 2.75) is 50.4 Å². The predicted molar refractivity (Wildman–Crippen MR) is 83.1 cm³/mol. The third kappa shape index (κ3) is 2.58. The minimum absolute atomic E-state index is 0.311. The van der Waals surface area contributed by atoms with Gasteiger partial charge in [0.15, 0.2) is 0 Å². The topological polar surface area (TPSA) is 23.5 Å². The smallest absolute Gasteiger partial charge is 0.115 e. The van der Waals surface area contributed by atoms with E-state index >= 15 is 0 Å². The first kappa shape index (κ1) is 13.9. The van der Waals surface area contributed by atoms with Crippen LogP contribution in [0.4, 0.5) is 0 Å². The van der Waals surface area contributed by atoms with E-state index in [-0.39, 0.29) is 0 Å². The van der Waals surface area contributed by atoms with Gasteiger partial charge in [0.25, 0.3) is 0 Å². The lowest BCUT2D eigenvalue weighted by atomic mass is 9.60. The number of phenolic OH excluding ortho intramolecular Hbond substituents is 1. The molecule has 0 amide bonds. The molecule has 1 heterocycles. The number of aromatic hydroxyl groups is 1. The molecule has 1 aromatic carbocycles. The molecule has 110 valence electrons. The van der Waals surface area contributed by atoms with E-state index in [1.807, 2.05) is 12.1 Å². The molecule has 3 rings (SSSR count). The standard InChI is InChI=1S/C18H27NO/c1-19-12-10-18(11-13-19,15-6-3-2-4-7-15)16-8-5-9-17(20)14-16/h5,8-9,14-15,20H,2-4,6-7,10-13H2,1H3. The summed E-state index contributed by atoms with van der Waals surface area (Å²) in [5, 5.41) is 9.90. The van der Waals surface area contributed by atoms with Gasteiger partial charge in [0.1, 0.15) is 5.75 Å². The highest BCUT2D eigenvalue weighted by Crippen LogP contribution is 2.48. The largest absolute Gasteiger partial charge is 0.508 e. The first-order valence-electron chi connectivity index (χ1n) is 8.19. The fourth-order valence-electron chi connectivity index (χ4n) is 4.42. The zero-order chi connectivity index (χ0) is 14.0. The summed E-state index contributed by atoms with van der Waals surface area (Å²) in [6.07, 6.45) is 9.43. The Hall–Kier alpha value is -1.02. The number of hydrogen-bond acceptors (Lipinski definition) is 2. The van der Waals surface area contributed by atoms with Crippen molar-refractivity contribution in [3.05, 3.63) is 29.8 Å². The van der Waals surface area contributed by atoms with E-state index in [2.05, 4.69) is 18.0 Å². The van der Waals surface area contributed by atoms with Crippen LogP contribution in [0.5, 0.6) is 5.75 Å². The molecule has 2 aliphatic rings. The van der Waals surface area contributed by atoms with Gasteiger partial charge in [-0.25, -0.2) is 0 Å². The van der Waals surface area contributed by atoms with Gasteiger partial charge in [0.05, 0.1) is 0 Å². The second kappa shape index (κ2) is 5.77. The molecule has 1 saturated heterocycles. The summed E-state index contributed by atoms with van der Waals surface area (Å²) >= 11 is 0. The third-order valence-electron chi connectivity index (χ3n) is 5.69. The monoisotopic (exact) mass is 273 g/mol. The molecule has 1 saturated carbocycles. The summed E-state index contributed by atoms with van der Waals surface area (Å²) in [5.41, 5.74) is 1.70. The summed E-state index contributed by atoms with van der Waals surface area (Å²) in [5.74, 6) is 1.24. The molecule has 20 heavy (non-hydrogen) atoms. The van der Waals surface area contributed by atoms with Crippen LogP contribution in [0.2, 0.25) is 0 Å². The Morgan fingerprint density at radius 1 is 1.10 bits per heavy atom. The lowest BCUT2D eigenvalue weighted by Crippen LogP contribution is -2.46. The maximum atomic E-state index is 9.90. The Morgan fingerprint density at radius 2 is 1.80 bits per heavy atom. The molecule has 0 radical (unpaired) electrons. The molecule has 0 bridgehead atoms. The van der Waals surface area contributed by atoms with Gasteiger partial charge in [-0.2, -0.15) is 0 Å². The van der Waals surface area contributed by atoms with E-state index in [1.165, 1.54) is 63.6 Å². The maximum absolute atomic E-state index is 9.90. The zero-order valence-electron chi connectivity index (χ0n) is 12.6. The Morgan fingerprint density at radius 3 is 2.45 bits per heavy atom. The molecule has 0 spiro atoms. The van der Waals surface area contributed by atoms with Crippen molar-refractivity contribution >= 4 is 0 Å². The zero-order valence-corrected chi connectivity index (χ0v) is 12.6. The SMILES string of the molecule is CN1CCC(c2cccc(O)c2)(C2CCCCC2)CC1. The van der Waals surface area contributed by atoms with Crippen LogP contribution in [0.25, 0.3) is 0 Å². The molecule has 2 heteroatoms. The number of rotatable bonds is 2. The number of phenols is 1. The first-order chi connectivity index (χ1) is 9.71. The summed E-state index contributed by atoms with van der Waals surface area (Å²) in [6, 6.07) is 8.10. The fourth-order valence-corrected chi connectivity index (χ4v) is 4.42. The van der Waals surface area contributed by atoms with Crippen molar-refractivity contribution in [2.24, 2.45) is 5.92 Å². The molecule has 1 aromatic rings. The lowest BCUT2D eigenvalue weighted by molar-refractivity contribution is 0.106. The molecule has 2 fully saturated rings. The van der Waals surface area contributed by atoms with Crippen molar-refractivity contribution in [2.75, 3.05) is 20.1 Å². The number of benzene rings is 1. The normalized spacial score (nSPS) is 24.6. The van der Waals surface area contributed by atoms with Crippen LogP contribution in [0.3, 0.4) is 0 Å². The average Bonchev–Trinajstić information content (AvgIpc) is 2.49. The lowest BCUT2D eigenvalue weighted by Gasteiger charge is -2.48.